The highest BCUT2D eigenvalue weighted by molar-refractivity contribution is 5.65. The lowest BCUT2D eigenvalue weighted by molar-refractivity contribution is -0.142. The van der Waals surface area contributed by atoms with Crippen LogP contribution < -0.4 is 10.5 Å². The van der Waals surface area contributed by atoms with Crippen LogP contribution in [0.2, 0.25) is 0 Å². The smallest absolute Gasteiger partial charge is 0.302 e. The Hall–Kier alpha value is -1.95. The number of rotatable bonds is 22. The van der Waals surface area contributed by atoms with Gasteiger partial charge in [0.25, 0.3) is 0 Å². The predicted molar refractivity (Wildman–Crippen MR) is 118 cm³/mol. The van der Waals surface area contributed by atoms with Crippen molar-refractivity contribution in [2.45, 2.75) is 6.92 Å². The Morgan fingerprint density at radius 1 is 0.594 bits per heavy atom. The molecule has 0 spiro atoms. The Bertz CT molecular complexity index is 557. The van der Waals surface area contributed by atoms with Gasteiger partial charge in [-0.1, -0.05) is 0 Å². The number of hydrogen-bond acceptors (Lipinski definition) is 10. The lowest BCUT2D eigenvalue weighted by atomic mass is 10.3. The standard InChI is InChI=1S/C22H37NO9/c1-20(24)31-18-16-29-14-12-27-10-8-25-6-7-26-9-11-28-13-15-30-17-19-32-22-4-2-21(23)3-5-22/h2-5H,6-19,23H2,1H3. The summed E-state index contributed by atoms with van der Waals surface area (Å²) < 4.78 is 42.5. The molecule has 0 radical (unpaired) electrons. The second-order valence-electron chi connectivity index (χ2n) is 6.43. The first-order valence-electron chi connectivity index (χ1n) is 10.8. The number of hydrogen-bond donors (Lipinski definition) is 1. The van der Waals surface area contributed by atoms with E-state index in [0.29, 0.717) is 91.6 Å². The zero-order valence-electron chi connectivity index (χ0n) is 19.0. The quantitative estimate of drug-likeness (QED) is 0.154. The van der Waals surface area contributed by atoms with Gasteiger partial charge in [-0.3, -0.25) is 4.79 Å². The van der Waals surface area contributed by atoms with E-state index < -0.39 is 0 Å². The number of benzene rings is 1. The van der Waals surface area contributed by atoms with Gasteiger partial charge in [-0.15, -0.1) is 0 Å². The minimum atomic E-state index is -0.308. The average Bonchev–Trinajstić information content (AvgIpc) is 2.78. The van der Waals surface area contributed by atoms with Gasteiger partial charge < -0.3 is 43.6 Å². The summed E-state index contributed by atoms with van der Waals surface area (Å²) in [6.45, 7) is 7.89. The Kier molecular flexibility index (Phi) is 18.4. The first kappa shape index (κ1) is 28.1. The van der Waals surface area contributed by atoms with Crippen molar-refractivity contribution in [2.75, 3.05) is 98.2 Å². The minimum Gasteiger partial charge on any atom is -0.491 e. The molecule has 0 aliphatic rings. The zero-order chi connectivity index (χ0) is 23.1. The SMILES string of the molecule is CC(=O)OCCOCCOCCOCCOCCOCCOCCOc1ccc(N)cc1. The summed E-state index contributed by atoms with van der Waals surface area (Å²) in [7, 11) is 0. The van der Waals surface area contributed by atoms with Crippen molar-refractivity contribution in [2.24, 2.45) is 0 Å². The zero-order valence-corrected chi connectivity index (χ0v) is 19.0. The third-order valence-corrected chi connectivity index (χ3v) is 3.77. The highest BCUT2D eigenvalue weighted by atomic mass is 16.6. The molecule has 0 heterocycles. The fourth-order valence-corrected chi connectivity index (χ4v) is 2.23. The second kappa shape index (κ2) is 20.9. The van der Waals surface area contributed by atoms with Crippen molar-refractivity contribution >= 4 is 11.7 Å². The molecule has 1 aromatic rings. The van der Waals surface area contributed by atoms with Crippen LogP contribution in [0.15, 0.2) is 24.3 Å². The Labute approximate surface area is 190 Å². The minimum absolute atomic E-state index is 0.263. The normalized spacial score (nSPS) is 10.9. The maximum atomic E-state index is 10.5. The molecule has 1 rings (SSSR count). The molecule has 0 bridgehead atoms. The van der Waals surface area contributed by atoms with Gasteiger partial charge in [0.05, 0.1) is 79.3 Å². The maximum absolute atomic E-state index is 10.5. The van der Waals surface area contributed by atoms with Gasteiger partial charge in [0, 0.05) is 12.6 Å². The molecule has 0 aromatic heterocycles. The molecule has 0 saturated heterocycles. The molecule has 2 N–H and O–H groups in total. The van der Waals surface area contributed by atoms with Crippen LogP contribution in [0, 0.1) is 0 Å². The summed E-state index contributed by atoms with van der Waals surface area (Å²) in [5, 5.41) is 0. The van der Waals surface area contributed by atoms with E-state index in [4.69, 9.17) is 43.6 Å². The van der Waals surface area contributed by atoms with E-state index in [2.05, 4.69) is 0 Å². The summed E-state index contributed by atoms with van der Waals surface area (Å²) in [6, 6.07) is 7.24. The van der Waals surface area contributed by atoms with Crippen LogP contribution in [0.1, 0.15) is 6.92 Å². The summed E-state index contributed by atoms with van der Waals surface area (Å²) in [5.74, 6) is 0.462. The van der Waals surface area contributed by atoms with Gasteiger partial charge in [-0.25, -0.2) is 0 Å². The lowest BCUT2D eigenvalue weighted by Gasteiger charge is -2.09. The Balaban J connectivity index is 1.68. The summed E-state index contributed by atoms with van der Waals surface area (Å²) in [4.78, 5) is 10.5. The van der Waals surface area contributed by atoms with Crippen molar-refractivity contribution in [1.29, 1.82) is 0 Å². The van der Waals surface area contributed by atoms with Crippen molar-refractivity contribution in [3.05, 3.63) is 24.3 Å². The molecule has 0 atom stereocenters. The molecule has 10 heteroatoms. The van der Waals surface area contributed by atoms with Crippen molar-refractivity contribution < 1.29 is 42.7 Å². The van der Waals surface area contributed by atoms with E-state index in [1.54, 1.807) is 12.1 Å². The largest absolute Gasteiger partial charge is 0.491 e. The molecular formula is C22H37NO9. The van der Waals surface area contributed by atoms with Crippen molar-refractivity contribution in [3.8, 4) is 5.75 Å². The summed E-state index contributed by atoms with van der Waals surface area (Å²) in [6.07, 6.45) is 0. The Morgan fingerprint density at radius 3 is 1.31 bits per heavy atom. The van der Waals surface area contributed by atoms with Gasteiger partial charge in [-0.2, -0.15) is 0 Å². The fraction of sp³-hybridized carbons (Fsp3) is 0.682. The van der Waals surface area contributed by atoms with E-state index in [0.717, 1.165) is 5.75 Å². The van der Waals surface area contributed by atoms with Gasteiger partial charge in [0.15, 0.2) is 0 Å². The van der Waals surface area contributed by atoms with Crippen LogP contribution in [0.5, 0.6) is 5.75 Å². The number of ether oxygens (including phenoxy) is 8. The molecule has 0 aliphatic carbocycles. The molecule has 0 unspecified atom stereocenters. The van der Waals surface area contributed by atoms with Crippen LogP contribution in [-0.2, 0) is 38.0 Å². The maximum Gasteiger partial charge on any atom is 0.302 e. The molecule has 0 amide bonds. The number of carbonyl (C=O) groups is 1. The molecular weight excluding hydrogens is 422 g/mol. The van der Waals surface area contributed by atoms with E-state index in [1.807, 2.05) is 12.1 Å². The van der Waals surface area contributed by atoms with Gasteiger partial charge >= 0.3 is 5.97 Å². The third kappa shape index (κ3) is 18.8. The summed E-state index contributed by atoms with van der Waals surface area (Å²) >= 11 is 0. The van der Waals surface area contributed by atoms with E-state index >= 15 is 0 Å². The first-order chi connectivity index (χ1) is 15.7. The van der Waals surface area contributed by atoms with E-state index in [9.17, 15) is 4.79 Å². The molecule has 1 aromatic carbocycles. The Morgan fingerprint density at radius 2 is 0.938 bits per heavy atom. The van der Waals surface area contributed by atoms with Crippen LogP contribution in [0.4, 0.5) is 5.69 Å². The van der Waals surface area contributed by atoms with Crippen LogP contribution in [-0.4, -0.2) is 98.5 Å². The van der Waals surface area contributed by atoms with Crippen molar-refractivity contribution in [3.63, 3.8) is 0 Å². The molecule has 10 nitrogen and oxygen atoms in total. The average molecular weight is 460 g/mol. The highest BCUT2D eigenvalue weighted by Gasteiger charge is 1.96. The first-order valence-corrected chi connectivity index (χ1v) is 10.8. The number of nitrogens with two attached hydrogens (primary N) is 1. The fourth-order valence-electron chi connectivity index (χ4n) is 2.23. The van der Waals surface area contributed by atoms with Crippen LogP contribution >= 0.6 is 0 Å². The predicted octanol–water partition coefficient (Wildman–Crippen LogP) is 1.31. The van der Waals surface area contributed by atoms with Gasteiger partial charge in [0.2, 0.25) is 0 Å². The molecule has 32 heavy (non-hydrogen) atoms. The van der Waals surface area contributed by atoms with Gasteiger partial charge in [-0.05, 0) is 24.3 Å². The van der Waals surface area contributed by atoms with Crippen LogP contribution in [0.25, 0.3) is 0 Å². The molecule has 0 fully saturated rings. The number of nitrogen functional groups attached to an aromatic ring is 1. The highest BCUT2D eigenvalue weighted by Crippen LogP contribution is 2.12. The lowest BCUT2D eigenvalue weighted by Crippen LogP contribution is -2.15. The monoisotopic (exact) mass is 459 g/mol. The number of anilines is 1. The number of esters is 1. The van der Waals surface area contributed by atoms with Gasteiger partial charge in [0.1, 0.15) is 19.0 Å². The van der Waals surface area contributed by atoms with Crippen LogP contribution in [0.3, 0.4) is 0 Å². The molecule has 0 saturated carbocycles. The van der Waals surface area contributed by atoms with E-state index in [-0.39, 0.29) is 12.6 Å². The molecule has 0 aliphatic heterocycles. The van der Waals surface area contributed by atoms with E-state index in [1.165, 1.54) is 6.92 Å². The molecule has 184 valence electrons. The number of carbonyl (C=O) groups excluding carboxylic acids is 1. The third-order valence-electron chi connectivity index (χ3n) is 3.77. The summed E-state index contributed by atoms with van der Waals surface area (Å²) in [5.41, 5.74) is 6.32. The van der Waals surface area contributed by atoms with Crippen molar-refractivity contribution in [1.82, 2.24) is 0 Å². The topological polar surface area (TPSA) is 117 Å². The second-order valence-corrected chi connectivity index (χ2v) is 6.43.